The van der Waals surface area contributed by atoms with Crippen LogP contribution in [0.4, 0.5) is 5.69 Å². The largest absolute Gasteiger partial charge is 0.334 e. The molecule has 1 amide bonds. The Morgan fingerprint density at radius 2 is 2.19 bits per heavy atom. The topological polar surface area (TPSA) is 70.7 Å². The first kappa shape index (κ1) is 14.8. The van der Waals surface area contributed by atoms with E-state index in [4.69, 9.17) is 5.26 Å². The number of nitriles is 1. The Hall–Kier alpha value is -2.61. The molecule has 0 fully saturated rings. The molecule has 0 saturated heterocycles. The third-order valence-electron chi connectivity index (χ3n) is 3.17. The average molecular weight is 282 g/mol. The predicted molar refractivity (Wildman–Crippen MR) is 80.7 cm³/mol. The Kier molecular flexibility index (Phi) is 4.72. The lowest BCUT2D eigenvalue weighted by Gasteiger charge is -2.11. The van der Waals surface area contributed by atoms with Gasteiger partial charge in [0.1, 0.15) is 11.9 Å². The quantitative estimate of drug-likeness (QED) is 0.916. The number of nitrogens with one attached hydrogen (secondary N) is 1. The minimum absolute atomic E-state index is 0.110. The van der Waals surface area contributed by atoms with Crippen molar-refractivity contribution in [1.82, 2.24) is 9.55 Å². The molecule has 0 aliphatic carbocycles. The zero-order chi connectivity index (χ0) is 15.2. The van der Waals surface area contributed by atoms with Gasteiger partial charge in [0.15, 0.2) is 0 Å². The lowest BCUT2D eigenvalue weighted by Crippen LogP contribution is -2.16. The van der Waals surface area contributed by atoms with E-state index in [1.165, 1.54) is 0 Å². The van der Waals surface area contributed by atoms with Crippen molar-refractivity contribution in [2.45, 2.75) is 32.7 Å². The maximum atomic E-state index is 12.0. The van der Waals surface area contributed by atoms with Crippen LogP contribution in [0.2, 0.25) is 0 Å². The van der Waals surface area contributed by atoms with E-state index in [0.717, 1.165) is 5.82 Å². The number of nitrogens with zero attached hydrogens (tertiary/aromatic N) is 3. The first-order valence-electron chi connectivity index (χ1n) is 6.92. The van der Waals surface area contributed by atoms with Crippen LogP contribution in [0.1, 0.15) is 37.6 Å². The first-order valence-corrected chi connectivity index (χ1v) is 6.92. The summed E-state index contributed by atoms with van der Waals surface area (Å²) < 4.78 is 1.99. The summed E-state index contributed by atoms with van der Waals surface area (Å²) in [6.07, 6.45) is 3.97. The van der Waals surface area contributed by atoms with Gasteiger partial charge in [0.2, 0.25) is 5.91 Å². The van der Waals surface area contributed by atoms with Crippen LogP contribution in [0, 0.1) is 11.3 Å². The van der Waals surface area contributed by atoms with E-state index in [0.29, 0.717) is 30.1 Å². The average Bonchev–Trinajstić information content (AvgIpc) is 2.94. The number of carbonyl (C=O) groups is 1. The van der Waals surface area contributed by atoms with Gasteiger partial charge in [-0.2, -0.15) is 5.26 Å². The van der Waals surface area contributed by atoms with Gasteiger partial charge in [-0.05, 0) is 12.1 Å². The summed E-state index contributed by atoms with van der Waals surface area (Å²) >= 11 is 0. The van der Waals surface area contributed by atoms with Crippen molar-refractivity contribution in [3.05, 3.63) is 48.0 Å². The van der Waals surface area contributed by atoms with E-state index in [1.54, 1.807) is 30.5 Å². The zero-order valence-electron chi connectivity index (χ0n) is 12.2. The fourth-order valence-corrected chi connectivity index (χ4v) is 2.13. The molecule has 108 valence electrons. The van der Waals surface area contributed by atoms with Gasteiger partial charge < -0.3 is 9.88 Å². The second-order valence-electron chi connectivity index (χ2n) is 5.09. The standard InChI is InChI=1S/C16H18N4O/c1-12(2)16-18-8-10-20(16)9-7-15(21)19-14-6-4-3-5-13(14)11-17/h3-6,8,10,12H,7,9H2,1-2H3,(H,19,21). The summed E-state index contributed by atoms with van der Waals surface area (Å²) in [4.78, 5) is 16.3. The van der Waals surface area contributed by atoms with Crippen molar-refractivity contribution in [2.24, 2.45) is 0 Å². The minimum atomic E-state index is -0.110. The van der Waals surface area contributed by atoms with Gasteiger partial charge in [0.25, 0.3) is 0 Å². The molecule has 1 heterocycles. The Labute approximate surface area is 124 Å². The molecule has 0 radical (unpaired) electrons. The second kappa shape index (κ2) is 6.71. The van der Waals surface area contributed by atoms with Crippen LogP contribution >= 0.6 is 0 Å². The molecule has 21 heavy (non-hydrogen) atoms. The number of amides is 1. The molecule has 1 aromatic heterocycles. The van der Waals surface area contributed by atoms with E-state index >= 15 is 0 Å². The highest BCUT2D eigenvalue weighted by Gasteiger charge is 2.10. The number of hydrogen-bond acceptors (Lipinski definition) is 3. The van der Waals surface area contributed by atoms with Gasteiger partial charge in [-0.3, -0.25) is 4.79 Å². The molecular weight excluding hydrogens is 264 g/mol. The van der Waals surface area contributed by atoms with Crippen molar-refractivity contribution in [1.29, 1.82) is 5.26 Å². The molecule has 0 aliphatic rings. The Balaban J connectivity index is 1.97. The third kappa shape index (κ3) is 3.69. The van der Waals surface area contributed by atoms with Crippen molar-refractivity contribution >= 4 is 11.6 Å². The van der Waals surface area contributed by atoms with E-state index in [9.17, 15) is 4.79 Å². The molecule has 2 rings (SSSR count). The van der Waals surface area contributed by atoms with Crippen molar-refractivity contribution in [3.63, 3.8) is 0 Å². The maximum absolute atomic E-state index is 12.0. The fourth-order valence-electron chi connectivity index (χ4n) is 2.13. The molecule has 0 atom stereocenters. The van der Waals surface area contributed by atoms with E-state index in [-0.39, 0.29) is 5.91 Å². The predicted octanol–water partition coefficient (Wildman–Crippen LogP) is 2.91. The highest BCUT2D eigenvalue weighted by atomic mass is 16.1. The third-order valence-corrected chi connectivity index (χ3v) is 3.17. The minimum Gasteiger partial charge on any atom is -0.334 e. The van der Waals surface area contributed by atoms with Crippen molar-refractivity contribution in [2.75, 3.05) is 5.32 Å². The Morgan fingerprint density at radius 3 is 2.90 bits per heavy atom. The number of benzene rings is 1. The molecule has 1 N–H and O–H groups in total. The number of hydrogen-bond donors (Lipinski definition) is 1. The fraction of sp³-hybridized carbons (Fsp3) is 0.312. The molecule has 5 nitrogen and oxygen atoms in total. The molecule has 0 aliphatic heterocycles. The summed E-state index contributed by atoms with van der Waals surface area (Å²) in [5.74, 6) is 1.18. The van der Waals surface area contributed by atoms with Crippen molar-refractivity contribution < 1.29 is 4.79 Å². The van der Waals surface area contributed by atoms with Crippen LogP contribution in [0.3, 0.4) is 0 Å². The molecule has 0 unspecified atom stereocenters. The zero-order valence-corrected chi connectivity index (χ0v) is 12.2. The number of rotatable bonds is 5. The number of aryl methyl sites for hydroxylation is 1. The van der Waals surface area contributed by atoms with Crippen LogP contribution in [-0.4, -0.2) is 15.5 Å². The summed E-state index contributed by atoms with van der Waals surface area (Å²) in [6.45, 7) is 4.72. The van der Waals surface area contributed by atoms with Crippen molar-refractivity contribution in [3.8, 4) is 6.07 Å². The SMILES string of the molecule is CC(C)c1nccn1CCC(=O)Nc1ccccc1C#N. The lowest BCUT2D eigenvalue weighted by molar-refractivity contribution is -0.116. The molecule has 0 saturated carbocycles. The maximum Gasteiger partial charge on any atom is 0.226 e. The van der Waals surface area contributed by atoms with Crippen LogP contribution in [0.15, 0.2) is 36.7 Å². The summed E-state index contributed by atoms with van der Waals surface area (Å²) in [7, 11) is 0. The number of aromatic nitrogens is 2. The Morgan fingerprint density at radius 1 is 1.43 bits per heavy atom. The van der Waals surface area contributed by atoms with Gasteiger partial charge in [-0.1, -0.05) is 26.0 Å². The number of imidazole rings is 1. The second-order valence-corrected chi connectivity index (χ2v) is 5.09. The number of carbonyl (C=O) groups excluding carboxylic acids is 1. The van der Waals surface area contributed by atoms with Crippen LogP contribution in [0.25, 0.3) is 0 Å². The van der Waals surface area contributed by atoms with E-state index in [1.807, 2.05) is 10.8 Å². The molecule has 1 aromatic carbocycles. The molecule has 5 heteroatoms. The molecule has 0 bridgehead atoms. The highest BCUT2D eigenvalue weighted by molar-refractivity contribution is 5.92. The smallest absolute Gasteiger partial charge is 0.226 e. The lowest BCUT2D eigenvalue weighted by atomic mass is 10.2. The van der Waals surface area contributed by atoms with Gasteiger partial charge in [0.05, 0.1) is 11.3 Å². The normalized spacial score (nSPS) is 10.4. The van der Waals surface area contributed by atoms with Crippen LogP contribution < -0.4 is 5.32 Å². The summed E-state index contributed by atoms with van der Waals surface area (Å²) in [5, 5.41) is 11.8. The molecular formula is C16H18N4O. The van der Waals surface area contributed by atoms with Gasteiger partial charge >= 0.3 is 0 Å². The Bertz CT molecular complexity index is 667. The number of para-hydroxylation sites is 1. The van der Waals surface area contributed by atoms with Gasteiger partial charge in [0, 0.05) is 31.3 Å². The van der Waals surface area contributed by atoms with Crippen LogP contribution in [0.5, 0.6) is 0 Å². The summed E-state index contributed by atoms with van der Waals surface area (Å²) in [6, 6.07) is 9.04. The van der Waals surface area contributed by atoms with Gasteiger partial charge in [-0.25, -0.2) is 4.98 Å². The van der Waals surface area contributed by atoms with Crippen LogP contribution in [-0.2, 0) is 11.3 Å². The monoisotopic (exact) mass is 282 g/mol. The highest BCUT2D eigenvalue weighted by Crippen LogP contribution is 2.15. The van der Waals surface area contributed by atoms with E-state index in [2.05, 4.69) is 30.2 Å². The molecule has 2 aromatic rings. The van der Waals surface area contributed by atoms with E-state index < -0.39 is 0 Å². The van der Waals surface area contributed by atoms with Gasteiger partial charge in [-0.15, -0.1) is 0 Å². The number of anilines is 1. The molecule has 0 spiro atoms. The first-order chi connectivity index (χ1) is 10.1. The summed E-state index contributed by atoms with van der Waals surface area (Å²) in [5.41, 5.74) is 1.02.